The minimum Gasteiger partial charge on any atom is -0.497 e. The van der Waals surface area contributed by atoms with Crippen molar-refractivity contribution in [2.45, 2.75) is 25.8 Å². The van der Waals surface area contributed by atoms with E-state index in [-0.39, 0.29) is 18.1 Å². The van der Waals surface area contributed by atoms with Crippen molar-refractivity contribution < 1.29 is 13.9 Å². The normalized spacial score (nSPS) is 14.1. The van der Waals surface area contributed by atoms with Gasteiger partial charge in [0.15, 0.2) is 0 Å². The van der Waals surface area contributed by atoms with Gasteiger partial charge in [-0.25, -0.2) is 4.39 Å². The Morgan fingerprint density at radius 1 is 1.09 bits per heavy atom. The Labute approximate surface area is 199 Å². The second-order valence-electron chi connectivity index (χ2n) is 8.31. The van der Waals surface area contributed by atoms with E-state index in [0.29, 0.717) is 13.0 Å². The monoisotopic (exact) mass is 463 g/mol. The van der Waals surface area contributed by atoms with Crippen LogP contribution in [-0.4, -0.2) is 58.9 Å². The highest BCUT2D eigenvalue weighted by molar-refractivity contribution is 5.78. The van der Waals surface area contributed by atoms with Crippen LogP contribution in [0.15, 0.2) is 54.6 Å². The molecule has 0 saturated carbocycles. The number of carbonyl (C=O) groups excluding carboxylic acids is 1. The van der Waals surface area contributed by atoms with E-state index < -0.39 is 0 Å². The van der Waals surface area contributed by atoms with Gasteiger partial charge in [0.05, 0.1) is 13.5 Å². The predicted octanol–water partition coefficient (Wildman–Crippen LogP) is 2.90. The van der Waals surface area contributed by atoms with Gasteiger partial charge in [0.25, 0.3) is 0 Å². The Morgan fingerprint density at radius 2 is 1.88 bits per heavy atom. The lowest BCUT2D eigenvalue weighted by Gasteiger charge is -2.17. The van der Waals surface area contributed by atoms with Crippen LogP contribution in [-0.2, 0) is 30.6 Å². The number of carbonyl (C=O) groups is 1. The standard InChI is InChI=1S/C26H30FN5O2/c1-34-23-10-6-20(7-11-23)3-2-15-31-16-13-25-30-29-24(32(25)18-17-31)12-14-28-26(33)19-21-4-8-22(27)9-5-21/h2-11H,12-19H2,1H3,(H,28,33)/b3-2+. The van der Waals surface area contributed by atoms with E-state index in [1.807, 2.05) is 24.3 Å². The van der Waals surface area contributed by atoms with Crippen molar-refractivity contribution in [2.24, 2.45) is 0 Å². The lowest BCUT2D eigenvalue weighted by atomic mass is 10.1. The average Bonchev–Trinajstić information content (AvgIpc) is 3.12. The SMILES string of the molecule is COc1ccc(/C=C/CN2CCc3nnc(CCNC(=O)Cc4ccc(F)cc4)n3CC2)cc1. The minimum absolute atomic E-state index is 0.0861. The van der Waals surface area contributed by atoms with Gasteiger partial charge in [0.1, 0.15) is 23.2 Å². The first kappa shape index (κ1) is 23.6. The maximum absolute atomic E-state index is 13.0. The fraction of sp³-hybridized carbons (Fsp3) is 0.346. The van der Waals surface area contributed by atoms with Gasteiger partial charge in [-0.3, -0.25) is 9.69 Å². The first-order chi connectivity index (χ1) is 16.6. The molecule has 0 unspecified atom stereocenters. The summed E-state index contributed by atoms with van der Waals surface area (Å²) in [7, 11) is 1.67. The quantitative estimate of drug-likeness (QED) is 0.528. The highest BCUT2D eigenvalue weighted by Crippen LogP contribution is 2.13. The summed E-state index contributed by atoms with van der Waals surface area (Å²) < 4.78 is 20.4. The summed E-state index contributed by atoms with van der Waals surface area (Å²) in [6.07, 6.45) is 6.02. The molecule has 0 bridgehead atoms. The van der Waals surface area contributed by atoms with Gasteiger partial charge in [-0.1, -0.05) is 36.4 Å². The Balaban J connectivity index is 1.23. The predicted molar refractivity (Wildman–Crippen MR) is 129 cm³/mol. The molecule has 1 aromatic heterocycles. The summed E-state index contributed by atoms with van der Waals surface area (Å²) in [5, 5.41) is 11.7. The third-order valence-electron chi connectivity index (χ3n) is 5.93. The molecule has 0 radical (unpaired) electrons. The number of nitrogens with zero attached hydrogens (tertiary/aromatic N) is 4. The molecule has 1 aliphatic rings. The van der Waals surface area contributed by atoms with Crippen molar-refractivity contribution in [3.8, 4) is 5.75 Å². The average molecular weight is 464 g/mol. The van der Waals surface area contributed by atoms with Crippen LogP contribution in [0.5, 0.6) is 5.75 Å². The number of halogens is 1. The molecule has 7 nitrogen and oxygen atoms in total. The van der Waals surface area contributed by atoms with Gasteiger partial charge >= 0.3 is 0 Å². The molecule has 0 spiro atoms. The lowest BCUT2D eigenvalue weighted by molar-refractivity contribution is -0.120. The van der Waals surface area contributed by atoms with E-state index in [1.54, 1.807) is 19.2 Å². The van der Waals surface area contributed by atoms with Crippen molar-refractivity contribution in [2.75, 3.05) is 33.3 Å². The van der Waals surface area contributed by atoms with Gasteiger partial charge in [-0.2, -0.15) is 0 Å². The molecule has 1 aliphatic heterocycles. The van der Waals surface area contributed by atoms with Crippen LogP contribution in [0.25, 0.3) is 6.08 Å². The Bertz CT molecular complexity index is 1110. The van der Waals surface area contributed by atoms with Crippen LogP contribution in [0.4, 0.5) is 4.39 Å². The van der Waals surface area contributed by atoms with Gasteiger partial charge in [-0.05, 0) is 35.4 Å². The van der Waals surface area contributed by atoms with E-state index in [9.17, 15) is 9.18 Å². The van der Waals surface area contributed by atoms with E-state index in [0.717, 1.165) is 61.1 Å². The summed E-state index contributed by atoms with van der Waals surface area (Å²) in [5.74, 6) is 2.36. The van der Waals surface area contributed by atoms with E-state index in [2.05, 4.69) is 37.1 Å². The number of amides is 1. The molecular weight excluding hydrogens is 433 g/mol. The van der Waals surface area contributed by atoms with E-state index in [1.165, 1.54) is 12.1 Å². The number of ether oxygens (including phenoxy) is 1. The van der Waals surface area contributed by atoms with Gasteiger partial charge < -0.3 is 14.6 Å². The maximum Gasteiger partial charge on any atom is 0.224 e. The topological polar surface area (TPSA) is 72.3 Å². The first-order valence-corrected chi connectivity index (χ1v) is 11.6. The van der Waals surface area contributed by atoms with Crippen LogP contribution in [0, 0.1) is 5.82 Å². The third-order valence-corrected chi connectivity index (χ3v) is 5.93. The number of fused-ring (bicyclic) bond motifs is 1. The Hall–Kier alpha value is -3.52. The molecule has 3 aromatic rings. The highest BCUT2D eigenvalue weighted by Gasteiger charge is 2.18. The Kier molecular flexibility index (Phi) is 8.04. The molecule has 178 valence electrons. The van der Waals surface area contributed by atoms with Crippen molar-refractivity contribution in [3.63, 3.8) is 0 Å². The van der Waals surface area contributed by atoms with Crippen LogP contribution in [0.2, 0.25) is 0 Å². The third kappa shape index (κ3) is 6.51. The zero-order chi connectivity index (χ0) is 23.8. The van der Waals surface area contributed by atoms with Crippen LogP contribution < -0.4 is 10.1 Å². The zero-order valence-electron chi connectivity index (χ0n) is 19.4. The molecule has 1 N–H and O–H groups in total. The first-order valence-electron chi connectivity index (χ1n) is 11.6. The number of hydrogen-bond acceptors (Lipinski definition) is 5. The van der Waals surface area contributed by atoms with Crippen LogP contribution in [0.3, 0.4) is 0 Å². The van der Waals surface area contributed by atoms with Crippen molar-refractivity contribution in [3.05, 3.63) is 83.2 Å². The molecular formula is C26H30FN5O2. The molecule has 0 fully saturated rings. The number of hydrogen-bond donors (Lipinski definition) is 1. The fourth-order valence-electron chi connectivity index (χ4n) is 4.01. The van der Waals surface area contributed by atoms with E-state index >= 15 is 0 Å². The largest absolute Gasteiger partial charge is 0.497 e. The summed E-state index contributed by atoms with van der Waals surface area (Å²) in [4.78, 5) is 14.6. The number of aromatic nitrogens is 3. The van der Waals surface area contributed by atoms with Gasteiger partial charge in [-0.15, -0.1) is 10.2 Å². The van der Waals surface area contributed by atoms with Gasteiger partial charge in [0, 0.05) is 45.6 Å². The summed E-state index contributed by atoms with van der Waals surface area (Å²) in [6.45, 7) is 4.05. The van der Waals surface area contributed by atoms with Crippen molar-refractivity contribution in [1.82, 2.24) is 25.0 Å². The molecule has 0 aliphatic carbocycles. The van der Waals surface area contributed by atoms with Gasteiger partial charge in [0.2, 0.25) is 5.91 Å². The molecule has 4 rings (SSSR count). The maximum atomic E-state index is 13.0. The number of methoxy groups -OCH3 is 1. The molecule has 2 aromatic carbocycles. The van der Waals surface area contributed by atoms with Crippen molar-refractivity contribution in [1.29, 1.82) is 0 Å². The molecule has 2 heterocycles. The molecule has 8 heteroatoms. The lowest BCUT2D eigenvalue weighted by Crippen LogP contribution is -2.29. The highest BCUT2D eigenvalue weighted by atomic mass is 19.1. The second kappa shape index (κ2) is 11.6. The molecule has 34 heavy (non-hydrogen) atoms. The van der Waals surface area contributed by atoms with E-state index in [4.69, 9.17) is 4.74 Å². The molecule has 0 atom stereocenters. The summed E-state index contributed by atoms with van der Waals surface area (Å²) in [5.41, 5.74) is 1.94. The van der Waals surface area contributed by atoms with Crippen molar-refractivity contribution >= 4 is 12.0 Å². The summed E-state index contributed by atoms with van der Waals surface area (Å²) in [6, 6.07) is 14.0. The fourth-order valence-corrected chi connectivity index (χ4v) is 4.01. The second-order valence-corrected chi connectivity index (χ2v) is 8.31. The smallest absolute Gasteiger partial charge is 0.224 e. The zero-order valence-corrected chi connectivity index (χ0v) is 19.4. The van der Waals surface area contributed by atoms with Crippen LogP contribution in [0.1, 0.15) is 22.8 Å². The Morgan fingerprint density at radius 3 is 2.65 bits per heavy atom. The number of rotatable bonds is 9. The molecule has 1 amide bonds. The number of benzene rings is 2. The van der Waals surface area contributed by atoms with Crippen LogP contribution >= 0.6 is 0 Å². The molecule has 0 saturated heterocycles. The minimum atomic E-state index is -0.302. The number of nitrogens with one attached hydrogen (secondary N) is 1. The summed E-state index contributed by atoms with van der Waals surface area (Å²) >= 11 is 0.